The van der Waals surface area contributed by atoms with Crippen molar-refractivity contribution in [3.8, 4) is 11.5 Å². The van der Waals surface area contributed by atoms with Gasteiger partial charge < -0.3 is 14.6 Å². The van der Waals surface area contributed by atoms with E-state index < -0.39 is 33.9 Å². The summed E-state index contributed by atoms with van der Waals surface area (Å²) in [5.74, 6) is -0.444. The van der Waals surface area contributed by atoms with Crippen LogP contribution in [0.5, 0.6) is 11.5 Å². The number of benzene rings is 2. The van der Waals surface area contributed by atoms with Crippen LogP contribution in [0, 0.1) is 13.7 Å². The van der Waals surface area contributed by atoms with Crippen LogP contribution in [0.4, 0.5) is 5.69 Å². The molecule has 2 heterocycles. The third kappa shape index (κ3) is 5.07. The third-order valence-electron chi connectivity index (χ3n) is 5.57. The fourth-order valence-electron chi connectivity index (χ4n) is 3.94. The Morgan fingerprint density at radius 2 is 2.11 bits per heavy atom. The van der Waals surface area contributed by atoms with Crippen LogP contribution in [0.3, 0.4) is 0 Å². The maximum Gasteiger partial charge on any atom is 0.338 e. The SMILES string of the molecule is CCOC(=O)C1=C(C)N=c2s/c(=C/c3cc(I)c(O)c([N+](=O)[O-])c3)c(=O)n2[C@H]1c1ccc(OC)c(Br)c1. The summed E-state index contributed by atoms with van der Waals surface area (Å²) in [6.07, 6.45) is 1.50. The highest BCUT2D eigenvalue weighted by Crippen LogP contribution is 2.35. The molecule has 13 heteroatoms. The number of carbonyl (C=O) groups excluding carboxylic acids is 1. The van der Waals surface area contributed by atoms with Crippen molar-refractivity contribution in [1.29, 1.82) is 0 Å². The molecule has 0 saturated heterocycles. The summed E-state index contributed by atoms with van der Waals surface area (Å²) < 4.78 is 13.2. The topological polar surface area (TPSA) is 133 Å². The van der Waals surface area contributed by atoms with Crippen LogP contribution in [-0.4, -0.2) is 34.3 Å². The van der Waals surface area contributed by atoms with Crippen molar-refractivity contribution in [1.82, 2.24) is 4.57 Å². The summed E-state index contributed by atoms with van der Waals surface area (Å²) in [7, 11) is 1.53. The van der Waals surface area contributed by atoms with Crippen molar-refractivity contribution in [3.63, 3.8) is 0 Å². The second-order valence-corrected chi connectivity index (χ2v) is 10.8. The number of methoxy groups -OCH3 is 1. The van der Waals surface area contributed by atoms with Gasteiger partial charge in [-0.2, -0.15) is 0 Å². The van der Waals surface area contributed by atoms with E-state index in [0.717, 1.165) is 11.3 Å². The van der Waals surface area contributed by atoms with Crippen molar-refractivity contribution in [2.45, 2.75) is 19.9 Å². The summed E-state index contributed by atoms with van der Waals surface area (Å²) in [6, 6.07) is 7.16. The van der Waals surface area contributed by atoms with E-state index in [2.05, 4.69) is 20.9 Å². The first kappa shape index (κ1) is 27.0. The van der Waals surface area contributed by atoms with Gasteiger partial charge in [-0.3, -0.25) is 19.5 Å². The monoisotopic (exact) mass is 699 g/mol. The van der Waals surface area contributed by atoms with Gasteiger partial charge in [-0.05, 0) is 87.8 Å². The Bertz CT molecular complexity index is 1660. The zero-order valence-corrected chi connectivity index (χ0v) is 24.2. The number of carbonyl (C=O) groups is 1. The summed E-state index contributed by atoms with van der Waals surface area (Å²) in [6.45, 7) is 3.53. The first-order valence-electron chi connectivity index (χ1n) is 10.8. The number of aromatic nitrogens is 1. The predicted octanol–water partition coefficient (Wildman–Crippen LogP) is 3.79. The summed E-state index contributed by atoms with van der Waals surface area (Å²) >= 11 is 6.35. The number of phenols is 1. The highest BCUT2D eigenvalue weighted by atomic mass is 127. The minimum Gasteiger partial charge on any atom is -0.501 e. The van der Waals surface area contributed by atoms with Gasteiger partial charge in [0.2, 0.25) is 5.75 Å². The number of hydrogen-bond donors (Lipinski definition) is 1. The Kier molecular flexibility index (Phi) is 7.85. The van der Waals surface area contributed by atoms with Crippen LogP contribution in [0.2, 0.25) is 0 Å². The van der Waals surface area contributed by atoms with Gasteiger partial charge in [-0.15, -0.1) is 0 Å². The number of esters is 1. The second kappa shape index (κ2) is 10.8. The molecule has 1 N–H and O–H groups in total. The molecule has 0 spiro atoms. The first-order valence-corrected chi connectivity index (χ1v) is 13.5. The molecular formula is C24H19BrIN3O7S. The number of rotatable bonds is 6. The Hall–Kier alpha value is -3.04. The zero-order chi connectivity index (χ0) is 27.0. The first-order chi connectivity index (χ1) is 17.6. The van der Waals surface area contributed by atoms with Crippen LogP contribution < -0.4 is 19.6 Å². The molecule has 0 radical (unpaired) electrons. The van der Waals surface area contributed by atoms with Crippen LogP contribution in [0.25, 0.3) is 6.08 Å². The van der Waals surface area contributed by atoms with E-state index in [4.69, 9.17) is 9.47 Å². The molecule has 1 atom stereocenters. The molecule has 0 fully saturated rings. The van der Waals surface area contributed by atoms with Crippen molar-refractivity contribution < 1.29 is 24.3 Å². The van der Waals surface area contributed by atoms with Gasteiger partial charge in [-0.1, -0.05) is 17.4 Å². The molecule has 0 aliphatic carbocycles. The van der Waals surface area contributed by atoms with Gasteiger partial charge >= 0.3 is 11.7 Å². The molecule has 0 saturated carbocycles. The van der Waals surface area contributed by atoms with Crippen LogP contribution in [-0.2, 0) is 9.53 Å². The molecule has 10 nitrogen and oxygen atoms in total. The minimum absolute atomic E-state index is 0.150. The van der Waals surface area contributed by atoms with Crippen LogP contribution >= 0.6 is 49.9 Å². The lowest BCUT2D eigenvalue weighted by Crippen LogP contribution is -2.40. The predicted molar refractivity (Wildman–Crippen MR) is 149 cm³/mol. The minimum atomic E-state index is -0.825. The van der Waals surface area contributed by atoms with Crippen molar-refractivity contribution in [3.05, 3.63) is 90.6 Å². The summed E-state index contributed by atoms with van der Waals surface area (Å²) in [5.41, 5.74) is 0.746. The smallest absolute Gasteiger partial charge is 0.338 e. The molecule has 37 heavy (non-hydrogen) atoms. The molecule has 1 aliphatic heterocycles. The Morgan fingerprint density at radius 3 is 2.73 bits per heavy atom. The third-order valence-corrected chi connectivity index (χ3v) is 7.99. The molecule has 1 aliphatic rings. The van der Waals surface area contributed by atoms with Crippen molar-refractivity contribution in [2.24, 2.45) is 4.99 Å². The summed E-state index contributed by atoms with van der Waals surface area (Å²) in [5, 5.41) is 21.4. The Morgan fingerprint density at radius 1 is 1.38 bits per heavy atom. The molecule has 4 rings (SSSR count). The van der Waals surface area contributed by atoms with Gasteiger partial charge in [0.1, 0.15) is 5.75 Å². The van der Waals surface area contributed by atoms with E-state index in [1.165, 1.54) is 29.9 Å². The highest BCUT2D eigenvalue weighted by molar-refractivity contribution is 14.1. The van der Waals surface area contributed by atoms with Gasteiger partial charge in [-0.25, -0.2) is 9.79 Å². The van der Waals surface area contributed by atoms with E-state index in [-0.39, 0.29) is 20.3 Å². The number of phenolic OH excluding ortho intramolecular Hbond substituents is 1. The molecule has 0 bridgehead atoms. The molecule has 1 aromatic heterocycles. The lowest BCUT2D eigenvalue weighted by atomic mass is 9.96. The standard InChI is InChI=1S/C24H19BrIN3O7S/c1-4-36-23(32)19-11(2)27-24-28(20(19)13-5-6-17(35-3)14(25)10-13)22(31)18(37-24)9-12-7-15(26)21(30)16(8-12)29(33)34/h5-10,20,30H,4H2,1-3H3/b18-9+/t20-/m0/s1. The van der Waals surface area contributed by atoms with Gasteiger partial charge in [0, 0.05) is 6.07 Å². The molecular weight excluding hydrogens is 681 g/mol. The Balaban J connectivity index is 1.97. The lowest BCUT2D eigenvalue weighted by molar-refractivity contribution is -0.386. The van der Waals surface area contributed by atoms with Gasteiger partial charge in [0.15, 0.2) is 4.80 Å². The molecule has 0 amide bonds. The number of fused-ring (bicyclic) bond motifs is 1. The fraction of sp³-hybridized carbons (Fsp3) is 0.208. The summed E-state index contributed by atoms with van der Waals surface area (Å²) in [4.78, 5) is 42.3. The quantitative estimate of drug-likeness (QED) is 0.179. The number of halogens is 2. The number of thiazole rings is 1. The normalized spacial score (nSPS) is 15.3. The zero-order valence-electron chi connectivity index (χ0n) is 19.7. The van der Waals surface area contributed by atoms with Crippen LogP contribution in [0.1, 0.15) is 31.0 Å². The molecule has 192 valence electrons. The second-order valence-electron chi connectivity index (χ2n) is 7.82. The van der Waals surface area contributed by atoms with Gasteiger partial charge in [0.25, 0.3) is 5.56 Å². The van der Waals surface area contributed by atoms with E-state index >= 15 is 0 Å². The number of ether oxygens (including phenoxy) is 2. The largest absolute Gasteiger partial charge is 0.501 e. The van der Waals surface area contributed by atoms with Crippen molar-refractivity contribution >= 4 is 67.6 Å². The highest BCUT2D eigenvalue weighted by Gasteiger charge is 2.33. The average molecular weight is 700 g/mol. The molecule has 2 aromatic carbocycles. The maximum atomic E-state index is 13.7. The van der Waals surface area contributed by atoms with E-state index in [1.54, 1.807) is 54.6 Å². The van der Waals surface area contributed by atoms with Crippen LogP contribution in [0.15, 0.2) is 55.9 Å². The lowest BCUT2D eigenvalue weighted by Gasteiger charge is -2.25. The van der Waals surface area contributed by atoms with Crippen molar-refractivity contribution in [2.75, 3.05) is 13.7 Å². The number of nitro groups is 1. The average Bonchev–Trinajstić information content (AvgIpc) is 3.14. The number of aromatic hydroxyl groups is 1. The van der Waals surface area contributed by atoms with E-state index in [0.29, 0.717) is 31.8 Å². The molecule has 0 unspecified atom stereocenters. The van der Waals surface area contributed by atoms with E-state index in [1.807, 2.05) is 0 Å². The van der Waals surface area contributed by atoms with Gasteiger partial charge in [0.05, 0.1) is 48.5 Å². The number of hydrogen-bond acceptors (Lipinski definition) is 9. The Labute approximate surface area is 236 Å². The number of nitrogens with zero attached hydrogens (tertiary/aromatic N) is 3. The van der Waals surface area contributed by atoms with E-state index in [9.17, 15) is 24.8 Å². The number of allylic oxidation sites excluding steroid dienone is 1. The fourth-order valence-corrected chi connectivity index (χ4v) is 6.18. The maximum absolute atomic E-state index is 13.7. The number of nitro benzene ring substituents is 1. The molecule has 3 aromatic rings.